The number of nitriles is 1. The van der Waals surface area contributed by atoms with E-state index in [0.29, 0.717) is 19.0 Å². The van der Waals surface area contributed by atoms with Crippen LogP contribution in [-0.2, 0) is 24.9 Å². The predicted octanol–water partition coefficient (Wildman–Crippen LogP) is 3.36. The van der Waals surface area contributed by atoms with Gasteiger partial charge in [0, 0.05) is 69.0 Å². The summed E-state index contributed by atoms with van der Waals surface area (Å²) >= 11 is 0. The lowest BCUT2D eigenvalue weighted by molar-refractivity contribution is -0.128. The maximum Gasteiger partial charge on any atom is 0.264 e. The second kappa shape index (κ2) is 9.74. The van der Waals surface area contributed by atoms with Gasteiger partial charge in [0.15, 0.2) is 0 Å². The fraction of sp³-hybridized carbons (Fsp3) is 0.560. The summed E-state index contributed by atoms with van der Waals surface area (Å²) in [5, 5.41) is 14.2. The number of aryl methyl sites for hydroxylation is 3. The molecule has 0 aromatic carbocycles. The van der Waals surface area contributed by atoms with Crippen molar-refractivity contribution in [3.8, 4) is 6.07 Å². The first-order valence-electron chi connectivity index (χ1n) is 11.4. The maximum atomic E-state index is 13.1. The molecule has 0 aliphatic carbocycles. The van der Waals surface area contributed by atoms with Crippen molar-refractivity contribution < 1.29 is 4.79 Å². The Morgan fingerprint density at radius 1 is 1.16 bits per heavy atom. The van der Waals surface area contributed by atoms with E-state index in [2.05, 4.69) is 61.3 Å². The van der Waals surface area contributed by atoms with Crippen LogP contribution in [-0.4, -0.2) is 56.2 Å². The van der Waals surface area contributed by atoms with E-state index in [4.69, 9.17) is 0 Å². The summed E-state index contributed by atoms with van der Waals surface area (Å²) in [4.78, 5) is 17.3. The topological polar surface area (TPSA) is 70.1 Å². The number of piperazine rings is 1. The SMILES string of the molecule is Cc1nn(C)c(C)c1CN1CCN(C(=O)/C(C#N)=C\c2cc(C)n(CC(C)C)c2C)CC1. The standard InChI is InChI=1S/C25H36N6O/c1-17(2)15-31-18(3)12-22(20(31)5)13-23(14-26)25(32)30-10-8-29(9-11-30)16-24-19(4)27-28(7)21(24)6/h12-13,17H,8-11,15-16H2,1-7H3/b23-13-. The van der Waals surface area contributed by atoms with Crippen molar-refractivity contribution in [2.24, 2.45) is 13.0 Å². The Labute approximate surface area is 191 Å². The normalized spacial score (nSPS) is 15.5. The van der Waals surface area contributed by atoms with Gasteiger partial charge in [-0.05, 0) is 51.3 Å². The first-order valence-corrected chi connectivity index (χ1v) is 11.4. The molecule has 1 aliphatic rings. The second-order valence-electron chi connectivity index (χ2n) is 9.34. The first-order chi connectivity index (χ1) is 15.1. The molecule has 3 rings (SSSR count). The first kappa shape index (κ1) is 23.8. The Balaban J connectivity index is 1.68. The van der Waals surface area contributed by atoms with Gasteiger partial charge in [-0.25, -0.2) is 0 Å². The van der Waals surface area contributed by atoms with Crippen molar-refractivity contribution in [2.75, 3.05) is 26.2 Å². The molecule has 3 heterocycles. The number of carbonyl (C=O) groups excluding carboxylic acids is 1. The van der Waals surface area contributed by atoms with Crippen molar-refractivity contribution in [3.05, 3.63) is 45.5 Å². The predicted molar refractivity (Wildman–Crippen MR) is 127 cm³/mol. The van der Waals surface area contributed by atoms with Gasteiger partial charge in [0.05, 0.1) is 5.69 Å². The van der Waals surface area contributed by atoms with Gasteiger partial charge in [-0.2, -0.15) is 10.4 Å². The summed E-state index contributed by atoms with van der Waals surface area (Å²) in [6.45, 7) is 17.3. The van der Waals surface area contributed by atoms with Gasteiger partial charge in [0.1, 0.15) is 11.6 Å². The number of aromatic nitrogens is 3. The molecule has 0 atom stereocenters. The van der Waals surface area contributed by atoms with E-state index in [9.17, 15) is 10.1 Å². The molecule has 7 nitrogen and oxygen atoms in total. The van der Waals surface area contributed by atoms with Crippen LogP contribution in [0.1, 0.15) is 47.8 Å². The molecule has 0 bridgehead atoms. The number of hydrogen-bond donors (Lipinski definition) is 0. The quantitative estimate of drug-likeness (QED) is 0.514. The maximum absolute atomic E-state index is 13.1. The smallest absolute Gasteiger partial charge is 0.264 e. The average molecular weight is 437 g/mol. The summed E-state index contributed by atoms with van der Waals surface area (Å²) < 4.78 is 4.18. The molecule has 1 aliphatic heterocycles. The zero-order chi connectivity index (χ0) is 23.6. The van der Waals surface area contributed by atoms with Crippen LogP contribution in [0.25, 0.3) is 6.08 Å². The summed E-state index contributed by atoms with van der Waals surface area (Å²) in [6.07, 6.45) is 1.76. The Kier molecular flexibility index (Phi) is 7.25. The highest BCUT2D eigenvalue weighted by molar-refractivity contribution is 6.01. The molecule has 1 saturated heterocycles. The Morgan fingerprint density at radius 2 is 1.81 bits per heavy atom. The minimum absolute atomic E-state index is 0.172. The molecule has 0 spiro atoms. The zero-order valence-electron chi connectivity index (χ0n) is 20.6. The number of rotatable bonds is 6. The monoisotopic (exact) mass is 436 g/mol. The molecule has 1 amide bonds. The van der Waals surface area contributed by atoms with Crippen molar-refractivity contribution in [2.45, 2.75) is 54.6 Å². The van der Waals surface area contributed by atoms with Gasteiger partial charge in [-0.3, -0.25) is 14.4 Å². The number of amides is 1. The summed E-state index contributed by atoms with van der Waals surface area (Å²) in [5.41, 5.74) is 6.93. The number of hydrogen-bond acceptors (Lipinski definition) is 4. The van der Waals surface area contributed by atoms with Gasteiger partial charge in [-0.1, -0.05) is 13.8 Å². The summed E-state index contributed by atoms with van der Waals surface area (Å²) in [7, 11) is 1.97. The molecule has 172 valence electrons. The van der Waals surface area contributed by atoms with E-state index < -0.39 is 0 Å². The van der Waals surface area contributed by atoms with Crippen LogP contribution in [0, 0.1) is 44.9 Å². The second-order valence-corrected chi connectivity index (χ2v) is 9.34. The van der Waals surface area contributed by atoms with Crippen molar-refractivity contribution in [3.63, 3.8) is 0 Å². The molecule has 1 fully saturated rings. The molecule has 0 unspecified atom stereocenters. The zero-order valence-corrected chi connectivity index (χ0v) is 20.6. The highest BCUT2D eigenvalue weighted by atomic mass is 16.2. The number of carbonyl (C=O) groups is 1. The highest BCUT2D eigenvalue weighted by Crippen LogP contribution is 2.21. The molecule has 7 heteroatoms. The molecular weight excluding hydrogens is 400 g/mol. The van der Waals surface area contributed by atoms with Gasteiger partial charge >= 0.3 is 0 Å². The van der Waals surface area contributed by atoms with Crippen molar-refractivity contribution in [1.29, 1.82) is 5.26 Å². The molecule has 2 aromatic heterocycles. The minimum atomic E-state index is -0.172. The largest absolute Gasteiger partial charge is 0.348 e. The molecule has 0 saturated carbocycles. The van der Waals surface area contributed by atoms with Crippen molar-refractivity contribution in [1.82, 2.24) is 24.1 Å². The van der Waals surface area contributed by atoms with Gasteiger partial charge in [0.25, 0.3) is 5.91 Å². The van der Waals surface area contributed by atoms with E-state index in [0.717, 1.165) is 48.8 Å². The summed E-state index contributed by atoms with van der Waals surface area (Å²) in [6, 6.07) is 4.22. The fourth-order valence-electron chi connectivity index (χ4n) is 4.47. The van der Waals surface area contributed by atoms with E-state index in [1.807, 2.05) is 23.6 Å². The van der Waals surface area contributed by atoms with Crippen LogP contribution in [0.3, 0.4) is 0 Å². The summed E-state index contributed by atoms with van der Waals surface area (Å²) in [5.74, 6) is 0.360. The third-order valence-electron chi connectivity index (χ3n) is 6.51. The molecule has 0 radical (unpaired) electrons. The van der Waals surface area contributed by atoms with Crippen LogP contribution in [0.15, 0.2) is 11.6 Å². The lowest BCUT2D eigenvalue weighted by atomic mass is 10.1. The van der Waals surface area contributed by atoms with E-state index in [1.54, 1.807) is 6.08 Å². The van der Waals surface area contributed by atoms with Gasteiger partial charge in [0.2, 0.25) is 0 Å². The Morgan fingerprint density at radius 3 is 2.34 bits per heavy atom. The molecular formula is C25H36N6O. The van der Waals surface area contributed by atoms with Crippen LogP contribution in [0.4, 0.5) is 0 Å². The molecule has 32 heavy (non-hydrogen) atoms. The number of nitrogens with zero attached hydrogens (tertiary/aromatic N) is 6. The van der Waals surface area contributed by atoms with Crippen LogP contribution < -0.4 is 0 Å². The lowest BCUT2D eigenvalue weighted by Gasteiger charge is -2.34. The van der Waals surface area contributed by atoms with E-state index in [1.165, 1.54) is 11.3 Å². The van der Waals surface area contributed by atoms with E-state index in [-0.39, 0.29) is 11.5 Å². The minimum Gasteiger partial charge on any atom is -0.348 e. The third kappa shape index (κ3) is 4.97. The van der Waals surface area contributed by atoms with Crippen LogP contribution in [0.2, 0.25) is 0 Å². The third-order valence-corrected chi connectivity index (χ3v) is 6.51. The van der Waals surface area contributed by atoms with Crippen LogP contribution in [0.5, 0.6) is 0 Å². The average Bonchev–Trinajstić information content (AvgIpc) is 3.15. The molecule has 0 N–H and O–H groups in total. The van der Waals surface area contributed by atoms with Gasteiger partial charge < -0.3 is 9.47 Å². The lowest BCUT2D eigenvalue weighted by Crippen LogP contribution is -2.48. The van der Waals surface area contributed by atoms with Gasteiger partial charge in [-0.15, -0.1) is 0 Å². The van der Waals surface area contributed by atoms with Crippen molar-refractivity contribution >= 4 is 12.0 Å². The molecule has 2 aromatic rings. The fourth-order valence-corrected chi connectivity index (χ4v) is 4.47. The Bertz CT molecular complexity index is 1060. The highest BCUT2D eigenvalue weighted by Gasteiger charge is 2.25. The Hall–Kier alpha value is -2.85. The van der Waals surface area contributed by atoms with E-state index >= 15 is 0 Å². The van der Waals surface area contributed by atoms with Crippen LogP contribution >= 0.6 is 0 Å².